The summed E-state index contributed by atoms with van der Waals surface area (Å²) in [6.45, 7) is 3.88. The molecule has 0 aliphatic rings. The lowest BCUT2D eigenvalue weighted by atomic mass is 9.74. The Bertz CT molecular complexity index is 562. The summed E-state index contributed by atoms with van der Waals surface area (Å²) in [5.74, 6) is -0.331. The fourth-order valence-corrected chi connectivity index (χ4v) is 2.34. The van der Waals surface area contributed by atoms with Crippen LogP contribution in [0.5, 0.6) is 0 Å². The first-order valence-electron chi connectivity index (χ1n) is 5.98. The highest BCUT2D eigenvalue weighted by Gasteiger charge is 2.36. The van der Waals surface area contributed by atoms with Crippen molar-refractivity contribution in [1.82, 2.24) is 0 Å². The highest BCUT2D eigenvalue weighted by Crippen LogP contribution is 2.33. The molecule has 0 bridgehead atoms. The van der Waals surface area contributed by atoms with Crippen molar-refractivity contribution in [1.29, 1.82) is 0 Å². The van der Waals surface area contributed by atoms with Gasteiger partial charge in [-0.3, -0.25) is 4.79 Å². The standard InChI is InChI=1S/C16H17NO/c1-12-8-6-7-11-14(12)16(2,15(17)18)13-9-4-3-5-10-13/h3-11H,1-2H3,(H2,17,18). The van der Waals surface area contributed by atoms with Gasteiger partial charge in [-0.05, 0) is 30.5 Å². The minimum atomic E-state index is -0.785. The van der Waals surface area contributed by atoms with Gasteiger partial charge in [0.1, 0.15) is 0 Å². The lowest BCUT2D eigenvalue weighted by molar-refractivity contribution is -0.121. The zero-order chi connectivity index (χ0) is 13.2. The Labute approximate surface area is 107 Å². The Hall–Kier alpha value is -2.09. The summed E-state index contributed by atoms with van der Waals surface area (Å²) < 4.78 is 0. The first kappa shape index (κ1) is 12.4. The average Bonchev–Trinajstić information content (AvgIpc) is 2.39. The van der Waals surface area contributed by atoms with Gasteiger partial charge in [-0.15, -0.1) is 0 Å². The quantitative estimate of drug-likeness (QED) is 0.879. The highest BCUT2D eigenvalue weighted by molar-refractivity contribution is 5.90. The Kier molecular flexibility index (Phi) is 3.19. The van der Waals surface area contributed by atoms with Crippen LogP contribution >= 0.6 is 0 Å². The summed E-state index contributed by atoms with van der Waals surface area (Å²) in [6.07, 6.45) is 0. The number of primary amides is 1. The summed E-state index contributed by atoms with van der Waals surface area (Å²) in [5.41, 5.74) is 7.84. The van der Waals surface area contributed by atoms with E-state index >= 15 is 0 Å². The zero-order valence-corrected chi connectivity index (χ0v) is 10.7. The van der Waals surface area contributed by atoms with E-state index in [1.807, 2.05) is 68.4 Å². The fraction of sp³-hybridized carbons (Fsp3) is 0.188. The Morgan fingerprint density at radius 1 is 1.00 bits per heavy atom. The molecule has 1 amide bonds. The first-order valence-corrected chi connectivity index (χ1v) is 5.98. The molecule has 0 aromatic heterocycles. The van der Waals surface area contributed by atoms with Crippen molar-refractivity contribution in [2.75, 3.05) is 0 Å². The lowest BCUT2D eigenvalue weighted by Crippen LogP contribution is -2.40. The molecule has 2 aromatic carbocycles. The van der Waals surface area contributed by atoms with Gasteiger partial charge in [0.15, 0.2) is 0 Å². The number of carbonyl (C=O) groups is 1. The number of hydrogen-bond acceptors (Lipinski definition) is 1. The maximum absolute atomic E-state index is 12.0. The molecule has 0 spiro atoms. The third-order valence-electron chi connectivity index (χ3n) is 3.53. The monoisotopic (exact) mass is 239 g/mol. The molecule has 0 radical (unpaired) electrons. The molecule has 0 heterocycles. The summed E-state index contributed by atoms with van der Waals surface area (Å²) in [7, 11) is 0. The van der Waals surface area contributed by atoms with Gasteiger partial charge in [-0.2, -0.15) is 0 Å². The van der Waals surface area contributed by atoms with Crippen molar-refractivity contribution in [3.63, 3.8) is 0 Å². The average molecular weight is 239 g/mol. The van der Waals surface area contributed by atoms with E-state index in [1.165, 1.54) is 0 Å². The first-order chi connectivity index (χ1) is 8.56. The third kappa shape index (κ3) is 1.90. The van der Waals surface area contributed by atoms with E-state index in [1.54, 1.807) is 0 Å². The second kappa shape index (κ2) is 4.65. The number of aryl methyl sites for hydroxylation is 1. The molecule has 2 rings (SSSR count). The zero-order valence-electron chi connectivity index (χ0n) is 10.7. The van der Waals surface area contributed by atoms with Gasteiger partial charge in [0.25, 0.3) is 0 Å². The predicted octanol–water partition coefficient (Wildman–Crippen LogP) is 2.79. The number of nitrogens with two attached hydrogens (primary N) is 1. The van der Waals surface area contributed by atoms with E-state index < -0.39 is 5.41 Å². The van der Waals surface area contributed by atoms with Crippen molar-refractivity contribution in [3.8, 4) is 0 Å². The molecule has 2 nitrogen and oxygen atoms in total. The number of benzene rings is 2. The van der Waals surface area contributed by atoms with Gasteiger partial charge >= 0.3 is 0 Å². The smallest absolute Gasteiger partial charge is 0.232 e. The van der Waals surface area contributed by atoms with Crippen molar-refractivity contribution < 1.29 is 4.79 Å². The molecular formula is C16H17NO. The van der Waals surface area contributed by atoms with Crippen LogP contribution in [0, 0.1) is 6.92 Å². The van der Waals surface area contributed by atoms with Crippen LogP contribution in [0.15, 0.2) is 54.6 Å². The molecule has 0 aliphatic heterocycles. The van der Waals surface area contributed by atoms with Crippen molar-refractivity contribution in [2.24, 2.45) is 5.73 Å². The van der Waals surface area contributed by atoms with Crippen LogP contribution in [-0.4, -0.2) is 5.91 Å². The lowest BCUT2D eigenvalue weighted by Gasteiger charge is -2.28. The van der Waals surface area contributed by atoms with E-state index in [-0.39, 0.29) is 5.91 Å². The number of carbonyl (C=O) groups excluding carboxylic acids is 1. The van der Waals surface area contributed by atoms with Gasteiger partial charge in [-0.25, -0.2) is 0 Å². The molecular weight excluding hydrogens is 222 g/mol. The normalized spacial score (nSPS) is 13.9. The summed E-state index contributed by atoms with van der Waals surface area (Å²) in [6, 6.07) is 17.5. The highest BCUT2D eigenvalue weighted by atomic mass is 16.1. The van der Waals surface area contributed by atoms with Crippen LogP contribution in [0.25, 0.3) is 0 Å². The minimum Gasteiger partial charge on any atom is -0.369 e. The number of hydrogen-bond donors (Lipinski definition) is 1. The molecule has 0 fully saturated rings. The predicted molar refractivity (Wildman–Crippen MR) is 73.3 cm³/mol. The third-order valence-corrected chi connectivity index (χ3v) is 3.53. The van der Waals surface area contributed by atoms with E-state index in [0.717, 1.165) is 16.7 Å². The topological polar surface area (TPSA) is 43.1 Å². The molecule has 92 valence electrons. The van der Waals surface area contributed by atoms with Gasteiger partial charge < -0.3 is 5.73 Å². The van der Waals surface area contributed by atoms with Crippen LogP contribution in [0.4, 0.5) is 0 Å². The van der Waals surface area contributed by atoms with E-state index in [9.17, 15) is 4.79 Å². The van der Waals surface area contributed by atoms with Gasteiger partial charge in [0.2, 0.25) is 5.91 Å². The molecule has 1 unspecified atom stereocenters. The van der Waals surface area contributed by atoms with Gasteiger partial charge in [-0.1, -0.05) is 54.6 Å². The van der Waals surface area contributed by atoms with Gasteiger partial charge in [0.05, 0.1) is 5.41 Å². The fourth-order valence-electron chi connectivity index (χ4n) is 2.34. The molecule has 2 N–H and O–H groups in total. The maximum atomic E-state index is 12.0. The molecule has 2 aromatic rings. The maximum Gasteiger partial charge on any atom is 0.232 e. The second-order valence-corrected chi connectivity index (χ2v) is 4.67. The number of rotatable bonds is 3. The number of amides is 1. The van der Waals surface area contributed by atoms with Crippen molar-refractivity contribution >= 4 is 5.91 Å². The Morgan fingerprint density at radius 2 is 1.56 bits per heavy atom. The molecule has 0 aliphatic carbocycles. The largest absolute Gasteiger partial charge is 0.369 e. The molecule has 1 atom stereocenters. The Balaban J connectivity index is 2.67. The molecule has 2 heteroatoms. The summed E-state index contributed by atoms with van der Waals surface area (Å²) in [5, 5.41) is 0. The van der Waals surface area contributed by atoms with E-state index in [4.69, 9.17) is 5.73 Å². The van der Waals surface area contributed by atoms with Gasteiger partial charge in [0, 0.05) is 0 Å². The van der Waals surface area contributed by atoms with Crippen LogP contribution in [0.1, 0.15) is 23.6 Å². The Morgan fingerprint density at radius 3 is 2.11 bits per heavy atom. The summed E-state index contributed by atoms with van der Waals surface area (Å²) in [4.78, 5) is 12.0. The van der Waals surface area contributed by atoms with Crippen LogP contribution in [0.2, 0.25) is 0 Å². The van der Waals surface area contributed by atoms with E-state index in [0.29, 0.717) is 0 Å². The van der Waals surface area contributed by atoms with Crippen molar-refractivity contribution in [2.45, 2.75) is 19.3 Å². The molecule has 0 saturated carbocycles. The minimum absolute atomic E-state index is 0.331. The SMILES string of the molecule is Cc1ccccc1C(C)(C(N)=O)c1ccccc1. The van der Waals surface area contributed by atoms with Crippen LogP contribution < -0.4 is 5.73 Å². The molecule has 0 saturated heterocycles. The van der Waals surface area contributed by atoms with Crippen LogP contribution in [-0.2, 0) is 10.2 Å². The van der Waals surface area contributed by atoms with E-state index in [2.05, 4.69) is 0 Å². The van der Waals surface area contributed by atoms with Crippen molar-refractivity contribution in [3.05, 3.63) is 71.3 Å². The molecule has 18 heavy (non-hydrogen) atoms. The summed E-state index contributed by atoms with van der Waals surface area (Å²) >= 11 is 0. The van der Waals surface area contributed by atoms with Crippen LogP contribution in [0.3, 0.4) is 0 Å². The second-order valence-electron chi connectivity index (χ2n) is 4.67.